The van der Waals surface area contributed by atoms with Gasteiger partial charge in [0.05, 0.1) is 5.02 Å². The van der Waals surface area contributed by atoms with Crippen LogP contribution in [0.15, 0.2) is 36.5 Å². The molecule has 0 radical (unpaired) electrons. The van der Waals surface area contributed by atoms with E-state index in [1.165, 1.54) is 30.5 Å². The number of amides is 3. The molecule has 142 valence electrons. The average Bonchev–Trinajstić information content (AvgIpc) is 3.22. The van der Waals surface area contributed by atoms with E-state index in [2.05, 4.69) is 10.7 Å². The van der Waals surface area contributed by atoms with E-state index in [4.69, 9.17) is 16.7 Å². The van der Waals surface area contributed by atoms with Crippen molar-refractivity contribution in [1.82, 2.24) is 9.58 Å². The van der Waals surface area contributed by atoms with Gasteiger partial charge in [0.25, 0.3) is 11.8 Å². The van der Waals surface area contributed by atoms with Gasteiger partial charge in [-0.3, -0.25) is 24.6 Å². The molecule has 0 spiro atoms. The highest BCUT2D eigenvalue weighted by Crippen LogP contribution is 2.21. The zero-order valence-electron chi connectivity index (χ0n) is 14.0. The molecular weight excluding hydrogens is 379 g/mol. The predicted octanol–water partition coefficient (Wildman–Crippen LogP) is 2.75. The van der Waals surface area contributed by atoms with E-state index in [0.29, 0.717) is 12.8 Å². The van der Waals surface area contributed by atoms with Crippen LogP contribution in [-0.2, 0) is 4.79 Å². The monoisotopic (exact) mass is 394 g/mol. The molecule has 10 heteroatoms. The second-order valence-electron chi connectivity index (χ2n) is 5.96. The van der Waals surface area contributed by atoms with E-state index >= 15 is 0 Å². The van der Waals surface area contributed by atoms with Gasteiger partial charge in [0, 0.05) is 18.4 Å². The van der Waals surface area contributed by atoms with Crippen LogP contribution in [-0.4, -0.2) is 45.2 Å². The Morgan fingerprint density at radius 2 is 2.04 bits per heavy atom. The van der Waals surface area contributed by atoms with E-state index in [0.717, 1.165) is 15.6 Å². The Balaban J connectivity index is 1.77. The van der Waals surface area contributed by atoms with Crippen LogP contribution in [0.2, 0.25) is 5.02 Å². The van der Waals surface area contributed by atoms with Crippen molar-refractivity contribution in [3.63, 3.8) is 0 Å². The highest BCUT2D eigenvalue weighted by molar-refractivity contribution is 6.34. The lowest BCUT2D eigenvalue weighted by atomic mass is 10.2. The van der Waals surface area contributed by atoms with Crippen LogP contribution in [0.4, 0.5) is 14.9 Å². The van der Waals surface area contributed by atoms with Crippen LogP contribution in [0.1, 0.15) is 23.3 Å². The van der Waals surface area contributed by atoms with Gasteiger partial charge < -0.3 is 10.4 Å². The van der Waals surface area contributed by atoms with Crippen molar-refractivity contribution >= 4 is 35.2 Å². The lowest BCUT2D eigenvalue weighted by molar-refractivity contribution is -0.120. The third-order valence-corrected chi connectivity index (χ3v) is 4.47. The van der Waals surface area contributed by atoms with Gasteiger partial charge in [0.2, 0.25) is 0 Å². The fourth-order valence-corrected chi connectivity index (χ4v) is 3.17. The number of carbonyl (C=O) groups excluding carboxylic acids is 2. The van der Waals surface area contributed by atoms with Crippen molar-refractivity contribution in [2.45, 2.75) is 18.9 Å². The van der Waals surface area contributed by atoms with Crippen molar-refractivity contribution < 1.29 is 23.9 Å². The van der Waals surface area contributed by atoms with Gasteiger partial charge in [0.15, 0.2) is 0 Å². The zero-order valence-corrected chi connectivity index (χ0v) is 14.7. The number of nitrogens with zero attached hydrogens (tertiary/aromatic N) is 2. The summed E-state index contributed by atoms with van der Waals surface area (Å²) < 4.78 is 14.4. The second-order valence-corrected chi connectivity index (χ2v) is 6.36. The van der Waals surface area contributed by atoms with Crippen LogP contribution in [0.3, 0.4) is 0 Å². The molecule has 1 saturated heterocycles. The molecule has 1 aliphatic rings. The molecule has 27 heavy (non-hydrogen) atoms. The van der Waals surface area contributed by atoms with E-state index < -0.39 is 29.8 Å². The first kappa shape index (κ1) is 18.7. The number of aromatic nitrogens is 1. The summed E-state index contributed by atoms with van der Waals surface area (Å²) in [5.41, 5.74) is 2.65. The minimum absolute atomic E-state index is 0.0610. The minimum atomic E-state index is -1.18. The second kappa shape index (κ2) is 7.67. The first-order chi connectivity index (χ1) is 12.9. The number of benzene rings is 1. The molecule has 1 unspecified atom stereocenters. The molecule has 1 aromatic carbocycles. The molecule has 3 amide bonds. The molecule has 1 aromatic heterocycles. The van der Waals surface area contributed by atoms with Crippen LogP contribution in [0.5, 0.6) is 0 Å². The Morgan fingerprint density at radius 3 is 2.74 bits per heavy atom. The van der Waals surface area contributed by atoms with E-state index in [9.17, 15) is 18.8 Å². The number of hydrogen-bond acceptors (Lipinski definition) is 3. The van der Waals surface area contributed by atoms with Crippen molar-refractivity contribution in [2.75, 3.05) is 17.3 Å². The van der Waals surface area contributed by atoms with Crippen molar-refractivity contribution in [3.05, 3.63) is 53.1 Å². The van der Waals surface area contributed by atoms with Crippen LogP contribution >= 0.6 is 11.6 Å². The quantitative estimate of drug-likeness (QED) is 0.741. The number of carboxylic acid groups (broad SMARTS) is 1. The van der Waals surface area contributed by atoms with Gasteiger partial charge in [-0.25, -0.2) is 9.18 Å². The lowest BCUT2D eigenvalue weighted by Gasteiger charge is -2.21. The maximum absolute atomic E-state index is 13.3. The summed E-state index contributed by atoms with van der Waals surface area (Å²) in [5, 5.41) is 11.7. The summed E-state index contributed by atoms with van der Waals surface area (Å²) >= 11 is 6.05. The molecule has 1 atom stereocenters. The van der Waals surface area contributed by atoms with Gasteiger partial charge in [-0.2, -0.15) is 0 Å². The van der Waals surface area contributed by atoms with Gasteiger partial charge in [-0.15, -0.1) is 0 Å². The normalized spacial score (nSPS) is 16.2. The first-order valence-corrected chi connectivity index (χ1v) is 8.49. The fraction of sp³-hybridized carbons (Fsp3) is 0.235. The number of carbonyl (C=O) groups is 3. The molecule has 2 heterocycles. The summed E-state index contributed by atoms with van der Waals surface area (Å²) in [5.74, 6) is -1.74. The maximum atomic E-state index is 13.3. The summed E-state index contributed by atoms with van der Waals surface area (Å²) in [4.78, 5) is 37.2. The SMILES string of the molecule is O=C(Nc1cccc(F)c1)c1c(Cl)ccn1NC(=O)C1CCCN1C(=O)O. The molecule has 0 aliphatic carbocycles. The molecule has 0 bridgehead atoms. The van der Waals surface area contributed by atoms with Crippen LogP contribution in [0.25, 0.3) is 0 Å². The molecule has 1 fully saturated rings. The molecule has 3 N–H and O–H groups in total. The average molecular weight is 395 g/mol. The highest BCUT2D eigenvalue weighted by atomic mass is 35.5. The lowest BCUT2D eigenvalue weighted by Crippen LogP contribution is -2.44. The molecule has 3 rings (SSSR count). The van der Waals surface area contributed by atoms with Gasteiger partial charge in [-0.05, 0) is 37.1 Å². The summed E-state index contributed by atoms with van der Waals surface area (Å²) in [6.45, 7) is 0.271. The molecule has 0 saturated carbocycles. The Kier molecular flexibility index (Phi) is 5.31. The molecule has 2 aromatic rings. The van der Waals surface area contributed by atoms with Crippen molar-refractivity contribution in [2.24, 2.45) is 0 Å². The van der Waals surface area contributed by atoms with Gasteiger partial charge in [0.1, 0.15) is 17.6 Å². The number of nitrogens with one attached hydrogen (secondary N) is 2. The van der Waals surface area contributed by atoms with E-state index in [1.807, 2.05) is 0 Å². The number of halogens is 2. The number of anilines is 1. The molecule has 1 aliphatic heterocycles. The molecular formula is C17H16ClFN4O4. The first-order valence-electron chi connectivity index (χ1n) is 8.11. The predicted molar refractivity (Wildman–Crippen MR) is 95.9 cm³/mol. The Hall–Kier alpha value is -3.07. The van der Waals surface area contributed by atoms with Crippen LogP contribution < -0.4 is 10.7 Å². The standard InChI is InChI=1S/C17H16ClFN4O4/c18-12-6-8-23(21-15(24)13-5-2-7-22(13)17(26)27)14(12)16(25)20-11-4-1-3-10(19)9-11/h1,3-4,6,8-9,13H,2,5,7H2,(H,20,25)(H,21,24)(H,26,27). The summed E-state index contributed by atoms with van der Waals surface area (Å²) in [7, 11) is 0. The van der Waals surface area contributed by atoms with E-state index in [-0.39, 0.29) is 22.9 Å². The summed E-state index contributed by atoms with van der Waals surface area (Å²) in [6, 6.07) is 5.88. The zero-order chi connectivity index (χ0) is 19.6. The number of likely N-dealkylation sites (tertiary alicyclic amines) is 1. The third kappa shape index (κ3) is 4.03. The maximum Gasteiger partial charge on any atom is 0.407 e. The Labute approximate surface area is 158 Å². The smallest absolute Gasteiger partial charge is 0.407 e. The minimum Gasteiger partial charge on any atom is -0.465 e. The van der Waals surface area contributed by atoms with E-state index in [1.54, 1.807) is 0 Å². The van der Waals surface area contributed by atoms with Gasteiger partial charge in [-0.1, -0.05) is 17.7 Å². The Morgan fingerprint density at radius 1 is 1.26 bits per heavy atom. The Bertz CT molecular complexity index is 901. The summed E-state index contributed by atoms with van der Waals surface area (Å²) in [6.07, 6.45) is 1.16. The largest absolute Gasteiger partial charge is 0.465 e. The highest BCUT2D eigenvalue weighted by Gasteiger charge is 2.34. The number of hydrogen-bond donors (Lipinski definition) is 3. The fourth-order valence-electron chi connectivity index (χ4n) is 2.94. The molecule has 8 nitrogen and oxygen atoms in total. The van der Waals surface area contributed by atoms with Gasteiger partial charge >= 0.3 is 6.09 Å². The van der Waals surface area contributed by atoms with Crippen LogP contribution in [0, 0.1) is 5.82 Å². The number of rotatable bonds is 4. The van der Waals surface area contributed by atoms with Crippen molar-refractivity contribution in [3.8, 4) is 0 Å². The third-order valence-electron chi connectivity index (χ3n) is 4.17. The van der Waals surface area contributed by atoms with Crippen molar-refractivity contribution in [1.29, 1.82) is 0 Å². The topological polar surface area (TPSA) is 104 Å².